The van der Waals surface area contributed by atoms with Gasteiger partial charge in [0.25, 0.3) is 0 Å². The largest absolute Gasteiger partial charge is 0.341 e. The minimum absolute atomic E-state index is 0.194. The second kappa shape index (κ2) is 3.66. The molecule has 1 rings (SSSR count). The molecule has 1 N–H and O–H groups in total. The Bertz CT molecular complexity index is 197. The number of rotatable bonds is 3. The van der Waals surface area contributed by atoms with E-state index in [4.69, 9.17) is 0 Å². The van der Waals surface area contributed by atoms with Crippen molar-refractivity contribution in [1.29, 1.82) is 0 Å². The molecule has 0 spiro atoms. The molecule has 0 bridgehead atoms. The monoisotopic (exact) mass is 184 g/mol. The standard InChI is InChI=1S/C10H20N2O/c1-10(2,11-3)9(13)12(4)8-6-5-7-8/h8,11H,5-7H2,1-4H3. The zero-order valence-corrected chi connectivity index (χ0v) is 9.05. The topological polar surface area (TPSA) is 32.3 Å². The summed E-state index contributed by atoms with van der Waals surface area (Å²) in [4.78, 5) is 13.8. The molecular weight excluding hydrogens is 164 g/mol. The van der Waals surface area contributed by atoms with Crippen LogP contribution in [0, 0.1) is 0 Å². The number of hydrogen-bond donors (Lipinski definition) is 1. The molecule has 3 nitrogen and oxygen atoms in total. The van der Waals surface area contributed by atoms with Crippen molar-refractivity contribution < 1.29 is 4.79 Å². The first-order chi connectivity index (χ1) is 5.99. The van der Waals surface area contributed by atoms with Crippen molar-refractivity contribution in [2.24, 2.45) is 0 Å². The highest BCUT2D eigenvalue weighted by atomic mass is 16.2. The molecule has 3 heteroatoms. The molecule has 0 unspecified atom stereocenters. The average molecular weight is 184 g/mol. The fourth-order valence-corrected chi connectivity index (χ4v) is 1.49. The van der Waals surface area contributed by atoms with E-state index in [0.717, 1.165) is 0 Å². The third kappa shape index (κ3) is 2.02. The summed E-state index contributed by atoms with van der Waals surface area (Å²) in [5.41, 5.74) is -0.426. The maximum atomic E-state index is 11.9. The third-order valence-corrected chi connectivity index (χ3v) is 3.10. The van der Waals surface area contributed by atoms with Gasteiger partial charge in [0.1, 0.15) is 0 Å². The average Bonchev–Trinajstić information content (AvgIpc) is 1.99. The molecule has 0 radical (unpaired) electrons. The number of nitrogens with one attached hydrogen (secondary N) is 1. The summed E-state index contributed by atoms with van der Waals surface area (Å²) in [5, 5.41) is 3.03. The first-order valence-corrected chi connectivity index (χ1v) is 4.95. The molecule has 0 aromatic rings. The lowest BCUT2D eigenvalue weighted by atomic mass is 9.90. The maximum absolute atomic E-state index is 11.9. The van der Waals surface area contributed by atoms with Gasteiger partial charge in [-0.1, -0.05) is 0 Å². The number of amides is 1. The molecule has 1 fully saturated rings. The Kier molecular flexibility index (Phi) is 2.96. The molecule has 0 aromatic carbocycles. The van der Waals surface area contributed by atoms with Crippen molar-refractivity contribution in [2.45, 2.75) is 44.7 Å². The van der Waals surface area contributed by atoms with E-state index in [0.29, 0.717) is 6.04 Å². The Morgan fingerprint density at radius 2 is 2.00 bits per heavy atom. The Hall–Kier alpha value is -0.570. The predicted molar refractivity (Wildman–Crippen MR) is 53.5 cm³/mol. The van der Waals surface area contributed by atoms with Gasteiger partial charge < -0.3 is 10.2 Å². The van der Waals surface area contributed by atoms with E-state index < -0.39 is 5.54 Å². The van der Waals surface area contributed by atoms with Crippen LogP contribution in [0.2, 0.25) is 0 Å². The van der Waals surface area contributed by atoms with Gasteiger partial charge in [0.05, 0.1) is 5.54 Å². The van der Waals surface area contributed by atoms with E-state index in [1.807, 2.05) is 32.8 Å². The summed E-state index contributed by atoms with van der Waals surface area (Å²) in [6.45, 7) is 3.84. The van der Waals surface area contributed by atoms with E-state index in [-0.39, 0.29) is 5.91 Å². The third-order valence-electron chi connectivity index (χ3n) is 3.10. The zero-order valence-electron chi connectivity index (χ0n) is 9.05. The predicted octanol–water partition coefficient (Wildman–Crippen LogP) is 0.995. The summed E-state index contributed by atoms with van der Waals surface area (Å²) >= 11 is 0. The van der Waals surface area contributed by atoms with Crippen LogP contribution in [0.3, 0.4) is 0 Å². The van der Waals surface area contributed by atoms with Crippen LogP contribution in [-0.2, 0) is 4.79 Å². The molecule has 0 aliphatic heterocycles. The number of hydrogen-bond acceptors (Lipinski definition) is 2. The molecular formula is C10H20N2O. The van der Waals surface area contributed by atoms with E-state index in [1.54, 1.807) is 0 Å². The van der Waals surface area contributed by atoms with Gasteiger partial charge in [-0.15, -0.1) is 0 Å². The fourth-order valence-electron chi connectivity index (χ4n) is 1.49. The van der Waals surface area contributed by atoms with Gasteiger partial charge in [0.2, 0.25) is 5.91 Å². The van der Waals surface area contributed by atoms with Gasteiger partial charge in [0, 0.05) is 13.1 Å². The first-order valence-electron chi connectivity index (χ1n) is 4.95. The normalized spacial score (nSPS) is 18.2. The smallest absolute Gasteiger partial charge is 0.242 e. The lowest BCUT2D eigenvalue weighted by molar-refractivity contribution is -0.139. The Balaban J connectivity index is 2.55. The molecule has 0 saturated heterocycles. The van der Waals surface area contributed by atoms with Gasteiger partial charge >= 0.3 is 0 Å². The molecule has 1 amide bonds. The lowest BCUT2D eigenvalue weighted by Crippen LogP contribution is -2.55. The highest BCUT2D eigenvalue weighted by Crippen LogP contribution is 2.25. The summed E-state index contributed by atoms with van der Waals surface area (Å²) in [5.74, 6) is 0.194. The number of nitrogens with zero attached hydrogens (tertiary/aromatic N) is 1. The second-order valence-corrected chi connectivity index (χ2v) is 4.38. The fraction of sp³-hybridized carbons (Fsp3) is 0.900. The van der Waals surface area contributed by atoms with E-state index in [9.17, 15) is 4.79 Å². The van der Waals surface area contributed by atoms with Crippen LogP contribution in [0.15, 0.2) is 0 Å². The van der Waals surface area contributed by atoms with Crippen molar-refractivity contribution in [3.05, 3.63) is 0 Å². The summed E-state index contributed by atoms with van der Waals surface area (Å²) in [6.07, 6.45) is 3.60. The van der Waals surface area contributed by atoms with Gasteiger partial charge in [-0.3, -0.25) is 4.79 Å². The Labute approximate surface area is 80.5 Å². The first kappa shape index (κ1) is 10.5. The molecule has 76 valence electrons. The van der Waals surface area contributed by atoms with Crippen molar-refractivity contribution in [3.63, 3.8) is 0 Å². The molecule has 0 aromatic heterocycles. The minimum Gasteiger partial charge on any atom is -0.341 e. The molecule has 1 saturated carbocycles. The van der Waals surface area contributed by atoms with E-state index >= 15 is 0 Å². The van der Waals surface area contributed by atoms with Gasteiger partial charge in [-0.05, 0) is 40.2 Å². The number of carbonyl (C=O) groups is 1. The van der Waals surface area contributed by atoms with Crippen LogP contribution in [-0.4, -0.2) is 36.5 Å². The summed E-state index contributed by atoms with van der Waals surface area (Å²) < 4.78 is 0. The maximum Gasteiger partial charge on any atom is 0.242 e. The van der Waals surface area contributed by atoms with Crippen molar-refractivity contribution >= 4 is 5.91 Å². The van der Waals surface area contributed by atoms with Crippen molar-refractivity contribution in [2.75, 3.05) is 14.1 Å². The Morgan fingerprint density at radius 3 is 2.31 bits per heavy atom. The SMILES string of the molecule is CNC(C)(C)C(=O)N(C)C1CCC1. The summed E-state index contributed by atoms with van der Waals surface area (Å²) in [7, 11) is 3.73. The molecule has 0 heterocycles. The quantitative estimate of drug-likeness (QED) is 0.709. The Morgan fingerprint density at radius 1 is 1.46 bits per heavy atom. The highest BCUT2D eigenvalue weighted by molar-refractivity contribution is 5.85. The van der Waals surface area contributed by atoms with Gasteiger partial charge in [-0.25, -0.2) is 0 Å². The van der Waals surface area contributed by atoms with Gasteiger partial charge in [-0.2, -0.15) is 0 Å². The zero-order chi connectivity index (χ0) is 10.1. The minimum atomic E-state index is -0.426. The van der Waals surface area contributed by atoms with Crippen LogP contribution < -0.4 is 5.32 Å². The van der Waals surface area contributed by atoms with Crippen LogP contribution in [0.25, 0.3) is 0 Å². The van der Waals surface area contributed by atoms with Crippen molar-refractivity contribution in [1.82, 2.24) is 10.2 Å². The van der Waals surface area contributed by atoms with Gasteiger partial charge in [0.15, 0.2) is 0 Å². The van der Waals surface area contributed by atoms with E-state index in [2.05, 4.69) is 5.32 Å². The molecule has 13 heavy (non-hydrogen) atoms. The summed E-state index contributed by atoms with van der Waals surface area (Å²) in [6, 6.07) is 0.486. The molecule has 1 aliphatic carbocycles. The lowest BCUT2D eigenvalue weighted by Gasteiger charge is -2.39. The number of likely N-dealkylation sites (N-methyl/N-ethyl adjacent to an activating group) is 2. The van der Waals surface area contributed by atoms with Crippen LogP contribution in [0.5, 0.6) is 0 Å². The second-order valence-electron chi connectivity index (χ2n) is 4.38. The van der Waals surface area contributed by atoms with Crippen LogP contribution in [0.4, 0.5) is 0 Å². The molecule has 0 atom stereocenters. The molecule has 1 aliphatic rings. The number of carbonyl (C=O) groups excluding carboxylic acids is 1. The van der Waals surface area contributed by atoms with Crippen molar-refractivity contribution in [3.8, 4) is 0 Å². The van der Waals surface area contributed by atoms with E-state index in [1.165, 1.54) is 19.3 Å². The highest BCUT2D eigenvalue weighted by Gasteiger charge is 2.33. The van der Waals surface area contributed by atoms with Crippen LogP contribution in [0.1, 0.15) is 33.1 Å². The van der Waals surface area contributed by atoms with Crippen LogP contribution >= 0.6 is 0 Å².